The number of H-pyrrole nitrogens is 1. The lowest BCUT2D eigenvalue weighted by atomic mass is 9.95. The number of nitrogens with zero attached hydrogens (tertiary/aromatic N) is 2. The molecule has 0 fully saturated rings. The van der Waals surface area contributed by atoms with Gasteiger partial charge in [-0.1, -0.05) is 78.9 Å². The van der Waals surface area contributed by atoms with Gasteiger partial charge in [0.15, 0.2) is 0 Å². The van der Waals surface area contributed by atoms with Crippen LogP contribution in [0.5, 0.6) is 0 Å². The van der Waals surface area contributed by atoms with Crippen molar-refractivity contribution >= 4 is 29.1 Å². The number of hydrogen-bond donors (Lipinski definition) is 1. The number of aromatic amines is 1. The molecule has 0 saturated carbocycles. The van der Waals surface area contributed by atoms with Crippen molar-refractivity contribution in [2.75, 3.05) is 6.54 Å². The maximum absolute atomic E-state index is 13.2. The molecule has 0 spiro atoms. The largest absolute Gasteiger partial charge is 0.326 e. The molecule has 2 aromatic carbocycles. The maximum atomic E-state index is 13.2. The normalized spacial score (nSPS) is 15.8. The summed E-state index contributed by atoms with van der Waals surface area (Å²) in [6.45, 7) is 4.88. The molecule has 1 N–H and O–H groups in total. The first-order chi connectivity index (χ1) is 14.0. The van der Waals surface area contributed by atoms with Crippen LogP contribution < -0.4 is 0 Å². The second-order valence-corrected chi connectivity index (χ2v) is 8.34. The first-order valence-electron chi connectivity index (χ1n) is 9.92. The Morgan fingerprint density at radius 3 is 2.55 bits per heavy atom. The molecule has 4 rings (SSSR count). The van der Waals surface area contributed by atoms with Gasteiger partial charge in [-0.3, -0.25) is 9.89 Å². The van der Waals surface area contributed by atoms with E-state index in [1.807, 2.05) is 36.1 Å². The number of carbonyl (C=O) groups excluding carboxylic acids is 1. The van der Waals surface area contributed by atoms with Crippen molar-refractivity contribution in [2.45, 2.75) is 39.2 Å². The van der Waals surface area contributed by atoms with Gasteiger partial charge in [0.25, 0.3) is 5.91 Å². The zero-order chi connectivity index (χ0) is 20.5. The third-order valence-corrected chi connectivity index (χ3v) is 6.01. The summed E-state index contributed by atoms with van der Waals surface area (Å²) in [5.74, 6) is -0.0296. The van der Waals surface area contributed by atoms with E-state index in [1.54, 1.807) is 6.07 Å². The molecule has 29 heavy (non-hydrogen) atoms. The molecule has 1 amide bonds. The van der Waals surface area contributed by atoms with Crippen LogP contribution in [0.25, 0.3) is 11.3 Å². The molecule has 0 aliphatic carbocycles. The van der Waals surface area contributed by atoms with Gasteiger partial charge in [0.05, 0.1) is 11.7 Å². The molecule has 0 bridgehead atoms. The summed E-state index contributed by atoms with van der Waals surface area (Å²) in [4.78, 5) is 15.1. The highest BCUT2D eigenvalue weighted by Gasteiger charge is 2.42. The number of benzene rings is 2. The summed E-state index contributed by atoms with van der Waals surface area (Å²) in [6, 6.07) is 13.4. The predicted octanol–water partition coefficient (Wildman–Crippen LogP) is 6.43. The van der Waals surface area contributed by atoms with E-state index < -0.39 is 0 Å². The smallest absolute Gasteiger partial charge is 0.273 e. The van der Waals surface area contributed by atoms with E-state index in [0.717, 1.165) is 41.6 Å². The number of amides is 1. The van der Waals surface area contributed by atoms with Gasteiger partial charge in [-0.15, -0.1) is 0 Å². The fraction of sp³-hybridized carbons (Fsp3) is 0.304. The van der Waals surface area contributed by atoms with Gasteiger partial charge in [0, 0.05) is 27.7 Å². The van der Waals surface area contributed by atoms with E-state index in [4.69, 9.17) is 23.2 Å². The lowest BCUT2D eigenvalue weighted by molar-refractivity contribution is 0.0740. The molecule has 1 aliphatic heterocycles. The van der Waals surface area contributed by atoms with E-state index in [1.165, 1.54) is 5.56 Å². The van der Waals surface area contributed by atoms with Crippen LogP contribution in [0, 0.1) is 6.92 Å². The summed E-state index contributed by atoms with van der Waals surface area (Å²) in [6.07, 6.45) is 3.11. The molecule has 1 unspecified atom stereocenters. The number of unbranched alkanes of at least 4 members (excludes halogenated alkanes) is 2. The van der Waals surface area contributed by atoms with Crippen LogP contribution in [-0.4, -0.2) is 27.5 Å². The molecule has 0 saturated heterocycles. The molecular formula is C23H23Cl2N3O. The Morgan fingerprint density at radius 1 is 1.10 bits per heavy atom. The Bertz CT molecular complexity index is 1040. The monoisotopic (exact) mass is 427 g/mol. The van der Waals surface area contributed by atoms with Crippen LogP contribution in [0.2, 0.25) is 10.0 Å². The third-order valence-electron chi connectivity index (χ3n) is 5.45. The third kappa shape index (κ3) is 3.67. The molecule has 1 aliphatic rings. The zero-order valence-corrected chi connectivity index (χ0v) is 18.0. The average molecular weight is 428 g/mol. The van der Waals surface area contributed by atoms with E-state index in [0.29, 0.717) is 22.3 Å². The van der Waals surface area contributed by atoms with Crippen molar-refractivity contribution in [2.24, 2.45) is 0 Å². The predicted molar refractivity (Wildman–Crippen MR) is 118 cm³/mol. The standard InChI is InChI=1S/C23H23Cl2N3O/c1-3-4-5-12-28-22(17-11-10-16(24)13-18(17)25)19-20(26-27-21(19)23(28)29)15-8-6-14(2)7-9-15/h6-11,13,22H,3-5,12H2,1-2H3,(H,26,27). The molecule has 3 aromatic rings. The molecular weight excluding hydrogens is 405 g/mol. The van der Waals surface area contributed by atoms with Crippen molar-refractivity contribution in [3.05, 3.63) is 74.9 Å². The van der Waals surface area contributed by atoms with Gasteiger partial charge in [0.2, 0.25) is 0 Å². The molecule has 1 atom stereocenters. The van der Waals surface area contributed by atoms with Gasteiger partial charge in [-0.05, 0) is 31.0 Å². The highest BCUT2D eigenvalue weighted by molar-refractivity contribution is 6.35. The minimum Gasteiger partial charge on any atom is -0.326 e. The zero-order valence-electron chi connectivity index (χ0n) is 16.5. The quantitative estimate of drug-likeness (QED) is 0.460. The van der Waals surface area contributed by atoms with Gasteiger partial charge in [-0.2, -0.15) is 5.10 Å². The van der Waals surface area contributed by atoms with E-state index in [-0.39, 0.29) is 11.9 Å². The van der Waals surface area contributed by atoms with Gasteiger partial charge < -0.3 is 4.90 Å². The van der Waals surface area contributed by atoms with Crippen LogP contribution in [0.4, 0.5) is 0 Å². The Morgan fingerprint density at radius 2 is 1.86 bits per heavy atom. The lowest BCUT2D eigenvalue weighted by Gasteiger charge is -2.27. The number of rotatable bonds is 6. The second-order valence-electron chi connectivity index (χ2n) is 7.50. The number of aromatic nitrogens is 2. The summed E-state index contributed by atoms with van der Waals surface area (Å²) < 4.78 is 0. The van der Waals surface area contributed by atoms with E-state index in [9.17, 15) is 4.79 Å². The van der Waals surface area contributed by atoms with Crippen molar-refractivity contribution in [1.82, 2.24) is 15.1 Å². The molecule has 2 heterocycles. The first-order valence-corrected chi connectivity index (χ1v) is 10.7. The molecule has 150 valence electrons. The molecule has 1 aromatic heterocycles. The maximum Gasteiger partial charge on any atom is 0.273 e. The Balaban J connectivity index is 1.84. The Labute approximate surface area is 180 Å². The number of halogens is 2. The SMILES string of the molecule is CCCCCN1C(=O)c2[nH]nc(-c3ccc(C)cc3)c2C1c1ccc(Cl)cc1Cl. The van der Waals surface area contributed by atoms with Gasteiger partial charge >= 0.3 is 0 Å². The molecule has 4 nitrogen and oxygen atoms in total. The molecule has 0 radical (unpaired) electrons. The highest BCUT2D eigenvalue weighted by Crippen LogP contribution is 2.45. The summed E-state index contributed by atoms with van der Waals surface area (Å²) in [7, 11) is 0. The van der Waals surface area contributed by atoms with Gasteiger partial charge in [0.1, 0.15) is 5.69 Å². The highest BCUT2D eigenvalue weighted by atomic mass is 35.5. The van der Waals surface area contributed by atoms with E-state index >= 15 is 0 Å². The number of nitrogens with one attached hydrogen (secondary N) is 1. The van der Waals surface area contributed by atoms with Crippen LogP contribution in [0.1, 0.15) is 59.4 Å². The van der Waals surface area contributed by atoms with Crippen molar-refractivity contribution < 1.29 is 4.79 Å². The second kappa shape index (κ2) is 8.21. The van der Waals surface area contributed by atoms with Crippen LogP contribution in [-0.2, 0) is 0 Å². The lowest BCUT2D eigenvalue weighted by Crippen LogP contribution is -2.30. The fourth-order valence-corrected chi connectivity index (χ4v) is 4.45. The summed E-state index contributed by atoms with van der Waals surface area (Å²) in [5.41, 5.74) is 5.26. The summed E-state index contributed by atoms with van der Waals surface area (Å²) in [5, 5.41) is 8.62. The van der Waals surface area contributed by atoms with Crippen LogP contribution in [0.3, 0.4) is 0 Å². The topological polar surface area (TPSA) is 49.0 Å². The fourth-order valence-electron chi connectivity index (χ4n) is 3.94. The first kappa shape index (κ1) is 20.0. The number of aryl methyl sites for hydroxylation is 1. The number of carbonyl (C=O) groups is 1. The van der Waals surface area contributed by atoms with Crippen molar-refractivity contribution in [1.29, 1.82) is 0 Å². The summed E-state index contributed by atoms with van der Waals surface area (Å²) >= 11 is 12.7. The minimum absolute atomic E-state index is 0.0296. The van der Waals surface area contributed by atoms with E-state index in [2.05, 4.69) is 29.3 Å². The minimum atomic E-state index is -0.283. The number of fused-ring (bicyclic) bond motifs is 1. The van der Waals surface area contributed by atoms with Crippen LogP contribution in [0.15, 0.2) is 42.5 Å². The average Bonchev–Trinajstić information content (AvgIpc) is 3.23. The van der Waals surface area contributed by atoms with Crippen LogP contribution >= 0.6 is 23.2 Å². The Hall–Kier alpha value is -2.30. The molecule has 6 heteroatoms. The van der Waals surface area contributed by atoms with Gasteiger partial charge in [-0.25, -0.2) is 0 Å². The Kier molecular flexibility index (Phi) is 5.66. The van der Waals surface area contributed by atoms with Crippen molar-refractivity contribution in [3.8, 4) is 11.3 Å². The van der Waals surface area contributed by atoms with Crippen molar-refractivity contribution in [3.63, 3.8) is 0 Å². The number of hydrogen-bond acceptors (Lipinski definition) is 2.